The Bertz CT molecular complexity index is 989. The first kappa shape index (κ1) is 10.2. The molecule has 0 aliphatic heterocycles. The highest BCUT2D eigenvalue weighted by atomic mass is 16.1. The summed E-state index contributed by atoms with van der Waals surface area (Å²) < 4.78 is 1.37. The van der Waals surface area contributed by atoms with Crippen molar-refractivity contribution in [3.05, 3.63) is 65.1 Å². The van der Waals surface area contributed by atoms with E-state index in [4.69, 9.17) is 0 Å². The molecule has 0 radical (unpaired) electrons. The summed E-state index contributed by atoms with van der Waals surface area (Å²) in [5.41, 5.74) is 1.17. The first-order valence-corrected chi connectivity index (χ1v) is 6.00. The maximum absolute atomic E-state index is 12.4. The molecule has 0 aliphatic rings. The van der Waals surface area contributed by atoms with Gasteiger partial charge in [-0.1, -0.05) is 36.4 Å². The fourth-order valence-electron chi connectivity index (χ4n) is 2.34. The number of para-hydroxylation sites is 1. The minimum absolute atomic E-state index is 0.133. The quantitative estimate of drug-likeness (QED) is 0.354. The van der Waals surface area contributed by atoms with E-state index in [1.165, 1.54) is 4.52 Å². The number of nitrogens with zero attached hydrogens (tertiary/aromatic N) is 3. The Morgan fingerprint density at radius 2 is 1.63 bits per heavy atom. The van der Waals surface area contributed by atoms with Crippen LogP contribution in [0, 0.1) is 0 Å². The monoisotopic (exact) mass is 247 g/mol. The molecule has 19 heavy (non-hydrogen) atoms. The molecule has 90 valence electrons. The first-order chi connectivity index (χ1) is 9.34. The summed E-state index contributed by atoms with van der Waals surface area (Å²) in [6.45, 7) is 0. The van der Waals surface area contributed by atoms with Gasteiger partial charge in [0.15, 0.2) is 5.65 Å². The number of fused-ring (bicyclic) bond motifs is 4. The molecular weight excluding hydrogens is 238 g/mol. The van der Waals surface area contributed by atoms with Gasteiger partial charge in [-0.15, -0.1) is 0 Å². The molecule has 4 nitrogen and oxygen atoms in total. The van der Waals surface area contributed by atoms with E-state index in [1.807, 2.05) is 42.5 Å². The van der Waals surface area contributed by atoms with Crippen molar-refractivity contribution in [3.8, 4) is 0 Å². The van der Waals surface area contributed by atoms with Gasteiger partial charge in [0.1, 0.15) is 0 Å². The zero-order valence-electron chi connectivity index (χ0n) is 9.95. The van der Waals surface area contributed by atoms with E-state index >= 15 is 0 Å². The van der Waals surface area contributed by atoms with Gasteiger partial charge in [-0.3, -0.25) is 4.79 Å². The molecular formula is C15H9N3O. The van der Waals surface area contributed by atoms with E-state index in [0.717, 1.165) is 10.8 Å². The lowest BCUT2D eigenvalue weighted by molar-refractivity contribution is 0.892. The van der Waals surface area contributed by atoms with Crippen LogP contribution in [0.4, 0.5) is 0 Å². The third-order valence-electron chi connectivity index (χ3n) is 3.27. The van der Waals surface area contributed by atoms with Crippen molar-refractivity contribution in [2.75, 3.05) is 0 Å². The summed E-state index contributed by atoms with van der Waals surface area (Å²) in [5.74, 6) is 0. The van der Waals surface area contributed by atoms with Crippen molar-refractivity contribution in [2.24, 2.45) is 0 Å². The summed E-state index contributed by atoms with van der Waals surface area (Å²) in [4.78, 5) is 17.0. The van der Waals surface area contributed by atoms with Gasteiger partial charge in [-0.25, -0.2) is 4.98 Å². The van der Waals surface area contributed by atoms with Crippen molar-refractivity contribution in [3.63, 3.8) is 0 Å². The third-order valence-corrected chi connectivity index (χ3v) is 3.27. The van der Waals surface area contributed by atoms with Crippen molar-refractivity contribution in [1.29, 1.82) is 0 Å². The minimum Gasteiger partial charge on any atom is -0.267 e. The molecule has 0 fully saturated rings. The lowest BCUT2D eigenvalue weighted by Crippen LogP contribution is -2.17. The summed E-state index contributed by atoms with van der Waals surface area (Å²) in [6.07, 6.45) is 1.69. The Hall–Kier alpha value is -2.75. The lowest BCUT2D eigenvalue weighted by Gasteiger charge is -2.05. The maximum atomic E-state index is 12.4. The highest BCUT2D eigenvalue weighted by Crippen LogP contribution is 2.17. The first-order valence-electron chi connectivity index (χ1n) is 6.00. The molecule has 2 aromatic carbocycles. The largest absolute Gasteiger partial charge is 0.282 e. The number of hydrogen-bond acceptors (Lipinski definition) is 3. The Kier molecular flexibility index (Phi) is 1.94. The van der Waals surface area contributed by atoms with E-state index in [0.29, 0.717) is 16.6 Å². The topological polar surface area (TPSA) is 47.3 Å². The second-order valence-electron chi connectivity index (χ2n) is 4.40. The van der Waals surface area contributed by atoms with Crippen LogP contribution in [0.15, 0.2) is 59.5 Å². The van der Waals surface area contributed by atoms with Crippen molar-refractivity contribution in [1.82, 2.24) is 14.6 Å². The normalized spacial score (nSPS) is 11.4. The van der Waals surface area contributed by atoms with Gasteiger partial charge in [0, 0.05) is 10.8 Å². The smallest absolute Gasteiger partial charge is 0.267 e. The molecule has 0 saturated heterocycles. The highest BCUT2D eigenvalue weighted by Gasteiger charge is 2.08. The average molecular weight is 247 g/mol. The maximum Gasteiger partial charge on any atom is 0.282 e. The Labute approximate surface area is 107 Å². The molecule has 0 unspecified atom stereocenters. The van der Waals surface area contributed by atoms with E-state index in [1.54, 1.807) is 12.3 Å². The molecule has 4 heteroatoms. The number of hydrogen-bond donors (Lipinski definition) is 0. The molecule has 0 spiro atoms. The van der Waals surface area contributed by atoms with E-state index in [2.05, 4.69) is 10.1 Å². The molecule has 4 aromatic rings. The summed E-state index contributed by atoms with van der Waals surface area (Å²) in [7, 11) is 0. The number of aromatic nitrogens is 3. The number of rotatable bonds is 0. The van der Waals surface area contributed by atoms with Gasteiger partial charge in [0.05, 0.1) is 17.1 Å². The van der Waals surface area contributed by atoms with E-state index < -0.39 is 0 Å². The van der Waals surface area contributed by atoms with Gasteiger partial charge in [0.2, 0.25) is 0 Å². The van der Waals surface area contributed by atoms with Crippen molar-refractivity contribution in [2.45, 2.75) is 0 Å². The summed E-state index contributed by atoms with van der Waals surface area (Å²) in [6, 6.07) is 15.1. The predicted molar refractivity (Wildman–Crippen MR) is 74.3 cm³/mol. The second-order valence-corrected chi connectivity index (χ2v) is 4.40. The van der Waals surface area contributed by atoms with Gasteiger partial charge in [-0.05, 0) is 12.1 Å². The van der Waals surface area contributed by atoms with Crippen molar-refractivity contribution < 1.29 is 0 Å². The van der Waals surface area contributed by atoms with Crippen LogP contribution in [0.3, 0.4) is 0 Å². The molecule has 0 aliphatic carbocycles. The Balaban J connectivity index is 2.36. The zero-order valence-corrected chi connectivity index (χ0v) is 9.95. The molecule has 2 aromatic heterocycles. The SMILES string of the molecule is O=c1c2ccccc2nc2c3ccccc3cnn12. The van der Waals surface area contributed by atoms with Crippen LogP contribution in [0.5, 0.6) is 0 Å². The highest BCUT2D eigenvalue weighted by molar-refractivity contribution is 5.95. The summed E-state index contributed by atoms with van der Waals surface area (Å²) >= 11 is 0. The van der Waals surface area contributed by atoms with Gasteiger partial charge < -0.3 is 0 Å². The number of benzene rings is 2. The Morgan fingerprint density at radius 1 is 0.895 bits per heavy atom. The molecule has 0 saturated carbocycles. The van der Waals surface area contributed by atoms with E-state index in [9.17, 15) is 4.79 Å². The minimum atomic E-state index is -0.133. The average Bonchev–Trinajstić information content (AvgIpc) is 2.47. The lowest BCUT2D eigenvalue weighted by atomic mass is 10.2. The standard InChI is InChI=1S/C15H9N3O/c19-15-12-7-3-4-8-13(12)17-14-11-6-2-1-5-10(11)9-16-18(14)15/h1-9H. The van der Waals surface area contributed by atoms with Crippen LogP contribution in [0.2, 0.25) is 0 Å². The van der Waals surface area contributed by atoms with Gasteiger partial charge in [-0.2, -0.15) is 9.61 Å². The molecule has 0 bridgehead atoms. The van der Waals surface area contributed by atoms with Crippen LogP contribution in [0.1, 0.15) is 0 Å². The fourth-order valence-corrected chi connectivity index (χ4v) is 2.34. The summed E-state index contributed by atoms with van der Waals surface area (Å²) in [5, 5.41) is 6.69. The van der Waals surface area contributed by atoms with Gasteiger partial charge >= 0.3 is 0 Å². The zero-order chi connectivity index (χ0) is 12.8. The van der Waals surface area contributed by atoms with Crippen LogP contribution in [-0.4, -0.2) is 14.6 Å². The second kappa shape index (κ2) is 3.62. The van der Waals surface area contributed by atoms with Crippen LogP contribution in [0.25, 0.3) is 27.3 Å². The van der Waals surface area contributed by atoms with Crippen LogP contribution in [-0.2, 0) is 0 Å². The fraction of sp³-hybridized carbons (Fsp3) is 0. The molecule has 4 rings (SSSR count). The van der Waals surface area contributed by atoms with Crippen molar-refractivity contribution >= 4 is 27.3 Å². The molecule has 0 atom stereocenters. The van der Waals surface area contributed by atoms with E-state index in [-0.39, 0.29) is 5.56 Å². The third kappa shape index (κ3) is 1.37. The van der Waals surface area contributed by atoms with Gasteiger partial charge in [0.25, 0.3) is 5.56 Å². The molecule has 0 amide bonds. The Morgan fingerprint density at radius 3 is 2.53 bits per heavy atom. The molecule has 0 N–H and O–H groups in total. The van der Waals surface area contributed by atoms with Crippen LogP contribution < -0.4 is 5.56 Å². The van der Waals surface area contributed by atoms with Crippen LogP contribution >= 0.6 is 0 Å². The predicted octanol–water partition coefficient (Wildman–Crippen LogP) is 2.40. The molecule has 2 heterocycles.